The van der Waals surface area contributed by atoms with E-state index in [4.69, 9.17) is 10.6 Å². The highest BCUT2D eigenvalue weighted by molar-refractivity contribution is 5.09. The maximum Gasteiger partial charge on any atom is 0.294 e. The number of rotatable bonds is 5. The molecule has 2 N–H and O–H groups in total. The third-order valence-corrected chi connectivity index (χ3v) is 5.96. The van der Waals surface area contributed by atoms with Gasteiger partial charge in [-0.1, -0.05) is 34.6 Å². The van der Waals surface area contributed by atoms with Crippen LogP contribution in [0.4, 0.5) is 0 Å². The minimum Gasteiger partial charge on any atom is -0.330 e. The Balaban J connectivity index is 2.36. The fourth-order valence-electron chi connectivity index (χ4n) is 6.65. The molecule has 0 spiro atoms. The summed E-state index contributed by atoms with van der Waals surface area (Å²) in [6.07, 6.45) is 5.65. The van der Waals surface area contributed by atoms with Gasteiger partial charge in [0.15, 0.2) is 0 Å². The Morgan fingerprint density at radius 1 is 1.14 bits per heavy atom. The van der Waals surface area contributed by atoms with Gasteiger partial charge in [0.25, 0.3) is 5.09 Å². The summed E-state index contributed by atoms with van der Waals surface area (Å²) in [5.41, 5.74) is 6.62. The van der Waals surface area contributed by atoms with Gasteiger partial charge in [0.1, 0.15) is 6.10 Å². The van der Waals surface area contributed by atoms with Gasteiger partial charge < -0.3 is 10.6 Å². The summed E-state index contributed by atoms with van der Waals surface area (Å²) in [7, 11) is 0. The highest BCUT2D eigenvalue weighted by atomic mass is 17.0. The Bertz CT molecular complexity index is 449. The van der Waals surface area contributed by atoms with Crippen LogP contribution in [-0.2, 0) is 4.84 Å². The van der Waals surface area contributed by atoms with Crippen LogP contribution >= 0.6 is 0 Å². The van der Waals surface area contributed by atoms with Gasteiger partial charge >= 0.3 is 0 Å². The second-order valence-electron chi connectivity index (χ2n) is 9.44. The molecule has 5 nitrogen and oxygen atoms in total. The predicted octanol–water partition coefficient (Wildman–Crippen LogP) is 3.93. The number of hydrogen-bond donors (Lipinski definition) is 1. The molecule has 4 atom stereocenters. The Kier molecular flexibility index (Phi) is 4.27. The van der Waals surface area contributed by atoms with E-state index in [1.54, 1.807) is 0 Å². The smallest absolute Gasteiger partial charge is 0.294 e. The maximum absolute atomic E-state index is 10.9. The van der Waals surface area contributed by atoms with Gasteiger partial charge in [0.05, 0.1) is 0 Å². The first-order valence-electron chi connectivity index (χ1n) is 8.48. The van der Waals surface area contributed by atoms with E-state index in [0.717, 1.165) is 32.1 Å². The minimum atomic E-state index is -0.620. The zero-order chi connectivity index (χ0) is 16.8. The summed E-state index contributed by atoms with van der Waals surface area (Å²) in [4.78, 5) is 16.0. The Morgan fingerprint density at radius 3 is 2.27 bits per heavy atom. The van der Waals surface area contributed by atoms with Gasteiger partial charge in [-0.05, 0) is 66.7 Å². The van der Waals surface area contributed by atoms with E-state index in [1.165, 1.54) is 0 Å². The molecule has 0 aromatic heterocycles. The molecule has 128 valence electrons. The summed E-state index contributed by atoms with van der Waals surface area (Å²) in [6, 6.07) is 0. The van der Waals surface area contributed by atoms with Crippen LogP contribution in [0.3, 0.4) is 0 Å². The average Bonchev–Trinajstić information content (AvgIpc) is 2.31. The van der Waals surface area contributed by atoms with Gasteiger partial charge in [-0.3, -0.25) is 0 Å². The molecule has 0 heterocycles. The molecule has 0 aromatic carbocycles. The molecule has 4 unspecified atom stereocenters. The molecule has 0 aliphatic heterocycles. The standard InChI is InChI=1S/C17H32N2O3/c1-6-13(22-19(20)21)16(5)9-15(4)7-14(2,3)8-17(10-15,11-16)12-18/h13H,6-12,18H2,1-5H3. The molecule has 2 fully saturated rings. The molecule has 0 radical (unpaired) electrons. The van der Waals surface area contributed by atoms with Crippen LogP contribution in [0.2, 0.25) is 0 Å². The van der Waals surface area contributed by atoms with Crippen molar-refractivity contribution in [1.29, 1.82) is 0 Å². The van der Waals surface area contributed by atoms with E-state index < -0.39 is 5.09 Å². The summed E-state index contributed by atoms with van der Waals surface area (Å²) < 4.78 is 0. The highest BCUT2D eigenvalue weighted by Gasteiger charge is 2.58. The fourth-order valence-corrected chi connectivity index (χ4v) is 6.65. The Hall–Kier alpha value is -0.840. The molecule has 2 saturated carbocycles. The van der Waals surface area contributed by atoms with Gasteiger partial charge in [-0.25, -0.2) is 0 Å². The van der Waals surface area contributed by atoms with Crippen molar-refractivity contribution in [3.63, 3.8) is 0 Å². The summed E-state index contributed by atoms with van der Waals surface area (Å²) in [6.45, 7) is 11.8. The van der Waals surface area contributed by atoms with Gasteiger partial charge in [-0.2, -0.15) is 0 Å². The lowest BCUT2D eigenvalue weighted by Crippen LogP contribution is -2.57. The number of nitrogens with two attached hydrogens (primary N) is 1. The zero-order valence-electron chi connectivity index (χ0n) is 14.8. The highest BCUT2D eigenvalue weighted by Crippen LogP contribution is 2.66. The number of nitrogens with zero attached hydrogens (tertiary/aromatic N) is 1. The van der Waals surface area contributed by atoms with Crippen molar-refractivity contribution in [2.75, 3.05) is 6.54 Å². The molecular formula is C17H32N2O3. The predicted molar refractivity (Wildman–Crippen MR) is 86.7 cm³/mol. The first-order valence-corrected chi connectivity index (χ1v) is 8.48. The van der Waals surface area contributed by atoms with Crippen LogP contribution in [0.1, 0.15) is 73.1 Å². The second-order valence-corrected chi connectivity index (χ2v) is 9.44. The van der Waals surface area contributed by atoms with Crippen molar-refractivity contribution in [2.45, 2.75) is 79.2 Å². The van der Waals surface area contributed by atoms with Crippen molar-refractivity contribution in [3.8, 4) is 0 Å². The van der Waals surface area contributed by atoms with E-state index in [0.29, 0.717) is 18.4 Å². The molecule has 5 heteroatoms. The third-order valence-electron chi connectivity index (χ3n) is 5.96. The molecular weight excluding hydrogens is 280 g/mol. The van der Waals surface area contributed by atoms with Crippen molar-refractivity contribution in [3.05, 3.63) is 10.1 Å². The monoisotopic (exact) mass is 312 g/mol. The molecule has 2 bridgehead atoms. The van der Waals surface area contributed by atoms with Gasteiger partial charge in [0, 0.05) is 0 Å². The van der Waals surface area contributed by atoms with E-state index in [2.05, 4.69) is 27.7 Å². The fraction of sp³-hybridized carbons (Fsp3) is 1.00. The molecule has 22 heavy (non-hydrogen) atoms. The quantitative estimate of drug-likeness (QED) is 0.616. The van der Waals surface area contributed by atoms with Gasteiger partial charge in [0.2, 0.25) is 0 Å². The number of hydrogen-bond acceptors (Lipinski definition) is 4. The first kappa shape index (κ1) is 17.5. The Labute approximate surface area is 134 Å². The summed E-state index contributed by atoms with van der Waals surface area (Å²) in [5.74, 6) is 0. The zero-order valence-corrected chi connectivity index (χ0v) is 14.8. The van der Waals surface area contributed by atoms with Crippen LogP contribution in [0.25, 0.3) is 0 Å². The lowest BCUT2D eigenvalue weighted by molar-refractivity contribution is -0.773. The van der Waals surface area contributed by atoms with Crippen molar-refractivity contribution in [1.82, 2.24) is 0 Å². The van der Waals surface area contributed by atoms with Crippen LogP contribution in [-0.4, -0.2) is 17.7 Å². The molecule has 2 rings (SSSR count). The average molecular weight is 312 g/mol. The van der Waals surface area contributed by atoms with Crippen molar-refractivity contribution < 1.29 is 9.92 Å². The maximum atomic E-state index is 10.9. The topological polar surface area (TPSA) is 78.4 Å². The summed E-state index contributed by atoms with van der Waals surface area (Å²) >= 11 is 0. The van der Waals surface area contributed by atoms with Crippen LogP contribution < -0.4 is 5.73 Å². The lowest BCUT2D eigenvalue weighted by Gasteiger charge is -2.62. The largest absolute Gasteiger partial charge is 0.330 e. The van der Waals surface area contributed by atoms with Gasteiger partial charge in [-0.15, -0.1) is 10.1 Å². The first-order chi connectivity index (χ1) is 9.97. The van der Waals surface area contributed by atoms with E-state index in [1.807, 2.05) is 6.92 Å². The molecule has 2 aliphatic carbocycles. The van der Waals surface area contributed by atoms with E-state index >= 15 is 0 Å². The Morgan fingerprint density at radius 2 is 1.77 bits per heavy atom. The lowest BCUT2D eigenvalue weighted by atomic mass is 9.43. The van der Waals surface area contributed by atoms with E-state index in [-0.39, 0.29) is 22.3 Å². The SMILES string of the molecule is CCC(O[N+](=O)[O-])C1(C)CC2(C)CC(C)(C)CC(CN)(C2)C1. The second kappa shape index (κ2) is 5.36. The molecule has 0 aromatic rings. The van der Waals surface area contributed by atoms with Crippen molar-refractivity contribution in [2.24, 2.45) is 27.4 Å². The molecule has 0 amide bonds. The summed E-state index contributed by atoms with van der Waals surface area (Å²) in [5, 5.41) is 10.3. The van der Waals surface area contributed by atoms with E-state index in [9.17, 15) is 10.1 Å². The van der Waals surface area contributed by atoms with Crippen LogP contribution in [0, 0.1) is 31.8 Å². The van der Waals surface area contributed by atoms with Crippen LogP contribution in [0.5, 0.6) is 0 Å². The van der Waals surface area contributed by atoms with Crippen LogP contribution in [0.15, 0.2) is 0 Å². The minimum absolute atomic E-state index is 0.0941. The normalized spacial score (nSPS) is 41.7. The molecule has 2 aliphatic rings. The number of fused-ring (bicyclic) bond motifs is 2. The molecule has 0 saturated heterocycles. The third kappa shape index (κ3) is 3.24. The van der Waals surface area contributed by atoms with Crippen molar-refractivity contribution >= 4 is 0 Å².